The molecule has 0 radical (unpaired) electrons. The molecule has 2 aromatic carbocycles. The summed E-state index contributed by atoms with van der Waals surface area (Å²) in [6.07, 6.45) is 3.26. The van der Waals surface area contributed by atoms with Crippen molar-refractivity contribution >= 4 is 34.3 Å². The summed E-state index contributed by atoms with van der Waals surface area (Å²) in [4.78, 5) is 13.5. The first-order valence-corrected chi connectivity index (χ1v) is 9.64. The Hall–Kier alpha value is -2.20. The molecule has 3 nitrogen and oxygen atoms in total. The Balaban J connectivity index is 1.71. The van der Waals surface area contributed by atoms with E-state index in [2.05, 4.69) is 53.3 Å². The molecule has 0 atom stereocenters. The fourth-order valence-electron chi connectivity index (χ4n) is 3.14. The highest BCUT2D eigenvalue weighted by atomic mass is 32.2. The number of hydrogen-bond donors (Lipinski definition) is 1. The van der Waals surface area contributed by atoms with Crippen LogP contribution in [0.4, 0.5) is 5.69 Å². The zero-order valence-corrected chi connectivity index (χ0v) is 15.8. The Bertz CT molecular complexity index is 878. The normalized spacial score (nSPS) is 11.0. The first-order chi connectivity index (χ1) is 12.1. The standard InChI is InChI=1S/C21H24N2OS/c1-4-9-23-13-20(18-7-5-6-8-19(18)23)25-14-21(24)22-17-11-15(2)10-16(3)12-17/h5-8,10-13H,4,9,14H2,1-3H3,(H,22,24). The smallest absolute Gasteiger partial charge is 0.234 e. The predicted molar refractivity (Wildman–Crippen MR) is 107 cm³/mol. The molecule has 0 spiro atoms. The van der Waals surface area contributed by atoms with Crippen molar-refractivity contribution in [1.29, 1.82) is 0 Å². The molecular weight excluding hydrogens is 328 g/mol. The summed E-state index contributed by atoms with van der Waals surface area (Å²) in [6, 6.07) is 14.5. The predicted octanol–water partition coefficient (Wildman–Crippen LogP) is 5.40. The minimum absolute atomic E-state index is 0.0299. The van der Waals surface area contributed by atoms with Gasteiger partial charge in [-0.1, -0.05) is 31.2 Å². The fraction of sp³-hybridized carbons (Fsp3) is 0.286. The molecule has 0 fully saturated rings. The van der Waals surface area contributed by atoms with Crippen LogP contribution in [0.5, 0.6) is 0 Å². The van der Waals surface area contributed by atoms with Crippen molar-refractivity contribution in [1.82, 2.24) is 4.57 Å². The second kappa shape index (κ2) is 7.79. The molecule has 3 rings (SSSR count). The van der Waals surface area contributed by atoms with Crippen LogP contribution >= 0.6 is 11.8 Å². The number of rotatable bonds is 6. The topological polar surface area (TPSA) is 34.0 Å². The van der Waals surface area contributed by atoms with E-state index >= 15 is 0 Å². The molecule has 0 aliphatic rings. The molecule has 0 aliphatic carbocycles. The van der Waals surface area contributed by atoms with Crippen LogP contribution in [0.3, 0.4) is 0 Å². The lowest BCUT2D eigenvalue weighted by atomic mass is 10.1. The van der Waals surface area contributed by atoms with Crippen molar-refractivity contribution in [3.8, 4) is 0 Å². The first-order valence-electron chi connectivity index (χ1n) is 8.65. The Morgan fingerprint density at radius 2 is 1.84 bits per heavy atom. The van der Waals surface area contributed by atoms with E-state index in [9.17, 15) is 4.79 Å². The van der Waals surface area contributed by atoms with E-state index in [0.29, 0.717) is 5.75 Å². The number of aryl methyl sites for hydroxylation is 3. The zero-order valence-electron chi connectivity index (χ0n) is 15.0. The van der Waals surface area contributed by atoms with E-state index < -0.39 is 0 Å². The monoisotopic (exact) mass is 352 g/mol. The lowest BCUT2D eigenvalue weighted by Crippen LogP contribution is -2.14. The van der Waals surface area contributed by atoms with Gasteiger partial charge in [-0.15, -0.1) is 11.8 Å². The quantitative estimate of drug-likeness (QED) is 0.603. The van der Waals surface area contributed by atoms with Crippen LogP contribution in [0, 0.1) is 13.8 Å². The summed E-state index contributed by atoms with van der Waals surface area (Å²) in [7, 11) is 0. The molecule has 0 bridgehead atoms. The number of benzene rings is 2. The van der Waals surface area contributed by atoms with Gasteiger partial charge in [0.1, 0.15) is 0 Å². The van der Waals surface area contributed by atoms with Gasteiger partial charge in [-0.05, 0) is 49.6 Å². The Morgan fingerprint density at radius 3 is 2.56 bits per heavy atom. The Kier molecular flexibility index (Phi) is 5.49. The lowest BCUT2D eigenvalue weighted by molar-refractivity contribution is -0.113. The molecule has 1 amide bonds. The zero-order chi connectivity index (χ0) is 17.8. The maximum absolute atomic E-state index is 12.3. The molecule has 1 heterocycles. The number of fused-ring (bicyclic) bond motifs is 1. The third-order valence-corrected chi connectivity index (χ3v) is 5.12. The molecule has 0 aliphatic heterocycles. The van der Waals surface area contributed by atoms with E-state index in [1.54, 1.807) is 11.8 Å². The third-order valence-electron chi connectivity index (χ3n) is 4.08. The third kappa shape index (κ3) is 4.26. The second-order valence-electron chi connectivity index (χ2n) is 6.42. The molecule has 130 valence electrons. The van der Waals surface area contributed by atoms with Crippen molar-refractivity contribution in [2.45, 2.75) is 38.6 Å². The molecular formula is C21H24N2OS. The molecule has 3 aromatic rings. The number of carbonyl (C=O) groups is 1. The average molecular weight is 353 g/mol. The molecule has 1 aromatic heterocycles. The maximum Gasteiger partial charge on any atom is 0.234 e. The molecule has 0 saturated carbocycles. The SMILES string of the molecule is CCCn1cc(SCC(=O)Nc2cc(C)cc(C)c2)c2ccccc21. The van der Waals surface area contributed by atoms with E-state index in [0.717, 1.165) is 29.8 Å². The molecule has 0 unspecified atom stereocenters. The number of amides is 1. The summed E-state index contributed by atoms with van der Waals surface area (Å²) in [6.45, 7) is 7.26. The van der Waals surface area contributed by atoms with Crippen molar-refractivity contribution in [2.24, 2.45) is 0 Å². The summed E-state index contributed by atoms with van der Waals surface area (Å²) in [5.41, 5.74) is 4.43. The van der Waals surface area contributed by atoms with Crippen molar-refractivity contribution in [3.63, 3.8) is 0 Å². The van der Waals surface area contributed by atoms with E-state index in [4.69, 9.17) is 0 Å². The van der Waals surface area contributed by atoms with Crippen LogP contribution in [0.15, 0.2) is 53.6 Å². The van der Waals surface area contributed by atoms with Crippen LogP contribution in [0.25, 0.3) is 10.9 Å². The largest absolute Gasteiger partial charge is 0.346 e. The molecule has 25 heavy (non-hydrogen) atoms. The maximum atomic E-state index is 12.3. The number of anilines is 1. The molecule has 1 N–H and O–H groups in total. The highest BCUT2D eigenvalue weighted by molar-refractivity contribution is 8.00. The number of hydrogen-bond acceptors (Lipinski definition) is 2. The van der Waals surface area contributed by atoms with Gasteiger partial charge in [0.15, 0.2) is 0 Å². The molecule has 0 saturated heterocycles. The van der Waals surface area contributed by atoms with Gasteiger partial charge in [0, 0.05) is 34.2 Å². The van der Waals surface area contributed by atoms with Gasteiger partial charge in [0.2, 0.25) is 5.91 Å². The Labute approximate surface area is 153 Å². The minimum atomic E-state index is 0.0299. The molecule has 4 heteroatoms. The number of nitrogens with zero attached hydrogens (tertiary/aromatic N) is 1. The second-order valence-corrected chi connectivity index (χ2v) is 7.43. The van der Waals surface area contributed by atoms with Crippen LogP contribution < -0.4 is 5.32 Å². The van der Waals surface area contributed by atoms with Gasteiger partial charge < -0.3 is 9.88 Å². The van der Waals surface area contributed by atoms with Gasteiger partial charge in [-0.2, -0.15) is 0 Å². The van der Waals surface area contributed by atoms with Crippen LogP contribution in [-0.4, -0.2) is 16.2 Å². The van der Waals surface area contributed by atoms with Gasteiger partial charge in [-0.3, -0.25) is 4.79 Å². The van der Waals surface area contributed by atoms with Gasteiger partial charge in [-0.25, -0.2) is 0 Å². The van der Waals surface area contributed by atoms with Crippen LogP contribution in [0.2, 0.25) is 0 Å². The summed E-state index contributed by atoms with van der Waals surface area (Å²) in [5.74, 6) is 0.440. The van der Waals surface area contributed by atoms with Gasteiger partial charge in [0.05, 0.1) is 5.75 Å². The van der Waals surface area contributed by atoms with Gasteiger partial charge >= 0.3 is 0 Å². The summed E-state index contributed by atoms with van der Waals surface area (Å²) < 4.78 is 2.28. The number of carbonyl (C=O) groups excluding carboxylic acids is 1. The van der Waals surface area contributed by atoms with Crippen molar-refractivity contribution in [2.75, 3.05) is 11.1 Å². The van der Waals surface area contributed by atoms with Gasteiger partial charge in [0.25, 0.3) is 0 Å². The minimum Gasteiger partial charge on any atom is -0.346 e. The summed E-state index contributed by atoms with van der Waals surface area (Å²) >= 11 is 1.60. The average Bonchev–Trinajstić information content (AvgIpc) is 2.91. The van der Waals surface area contributed by atoms with E-state index in [-0.39, 0.29) is 5.91 Å². The number of para-hydroxylation sites is 1. The summed E-state index contributed by atoms with van der Waals surface area (Å²) in [5, 5.41) is 4.23. The number of nitrogens with one attached hydrogen (secondary N) is 1. The number of thioether (sulfide) groups is 1. The van der Waals surface area contributed by atoms with Crippen molar-refractivity contribution < 1.29 is 4.79 Å². The fourth-order valence-corrected chi connectivity index (χ4v) is 4.03. The first kappa shape index (κ1) is 17.6. The van der Waals surface area contributed by atoms with Crippen LogP contribution in [-0.2, 0) is 11.3 Å². The number of aromatic nitrogens is 1. The highest BCUT2D eigenvalue weighted by Gasteiger charge is 2.11. The van der Waals surface area contributed by atoms with E-state index in [1.807, 2.05) is 26.0 Å². The highest BCUT2D eigenvalue weighted by Crippen LogP contribution is 2.30. The van der Waals surface area contributed by atoms with Crippen molar-refractivity contribution in [3.05, 3.63) is 59.8 Å². The van der Waals surface area contributed by atoms with E-state index in [1.165, 1.54) is 15.8 Å². The van der Waals surface area contributed by atoms with Crippen LogP contribution in [0.1, 0.15) is 24.5 Å². The Morgan fingerprint density at radius 1 is 1.12 bits per heavy atom. The lowest BCUT2D eigenvalue weighted by Gasteiger charge is -2.07.